The summed E-state index contributed by atoms with van der Waals surface area (Å²) < 4.78 is 0. The van der Waals surface area contributed by atoms with Crippen molar-refractivity contribution >= 4 is 0 Å². The molecule has 3 N–H and O–H groups in total. The molecule has 0 saturated carbocycles. The van der Waals surface area contributed by atoms with Crippen LogP contribution in [-0.2, 0) is 6.54 Å². The van der Waals surface area contributed by atoms with Crippen molar-refractivity contribution in [3.63, 3.8) is 0 Å². The topological polar surface area (TPSA) is 38.0 Å². The zero-order valence-electron chi connectivity index (χ0n) is 11.1. The van der Waals surface area contributed by atoms with Gasteiger partial charge in [-0.2, -0.15) is 0 Å². The Labute approximate surface area is 99.2 Å². The van der Waals surface area contributed by atoms with Gasteiger partial charge in [-0.3, -0.25) is 0 Å². The highest BCUT2D eigenvalue weighted by molar-refractivity contribution is 5.36. The van der Waals surface area contributed by atoms with Crippen molar-refractivity contribution in [2.24, 2.45) is 5.73 Å². The van der Waals surface area contributed by atoms with Gasteiger partial charge in [0.2, 0.25) is 0 Å². The summed E-state index contributed by atoms with van der Waals surface area (Å²) in [5.41, 5.74) is 11.2. The second-order valence-corrected chi connectivity index (χ2v) is 5.46. The minimum atomic E-state index is -0.145. The molecule has 2 heteroatoms. The first-order chi connectivity index (χ1) is 7.29. The molecule has 0 unspecified atom stereocenters. The summed E-state index contributed by atoms with van der Waals surface area (Å²) in [5.74, 6) is 0. The molecule has 0 spiro atoms. The maximum absolute atomic E-state index is 5.93. The third-order valence-corrected chi connectivity index (χ3v) is 2.85. The molecule has 0 aliphatic carbocycles. The number of nitrogens with two attached hydrogens (primary N) is 1. The number of hydrogen-bond acceptors (Lipinski definition) is 2. The molecule has 0 amide bonds. The Morgan fingerprint density at radius 3 is 2.19 bits per heavy atom. The molecule has 90 valence electrons. The van der Waals surface area contributed by atoms with E-state index in [0.29, 0.717) is 0 Å². The minimum absolute atomic E-state index is 0.145. The van der Waals surface area contributed by atoms with Gasteiger partial charge in [0.25, 0.3) is 0 Å². The molecule has 1 rings (SSSR count). The average molecular weight is 220 g/mol. The number of hydrogen-bond donors (Lipinski definition) is 2. The maximum atomic E-state index is 5.93. The van der Waals surface area contributed by atoms with Gasteiger partial charge >= 0.3 is 0 Å². The highest BCUT2D eigenvalue weighted by Gasteiger charge is 2.09. The van der Waals surface area contributed by atoms with E-state index in [9.17, 15) is 0 Å². The second-order valence-electron chi connectivity index (χ2n) is 5.46. The molecular weight excluding hydrogens is 196 g/mol. The Morgan fingerprint density at radius 2 is 1.62 bits per heavy atom. The van der Waals surface area contributed by atoms with Crippen LogP contribution < -0.4 is 11.1 Å². The van der Waals surface area contributed by atoms with Crippen molar-refractivity contribution in [2.45, 2.75) is 46.7 Å². The fraction of sp³-hybridized carbons (Fsp3) is 0.571. The summed E-state index contributed by atoms with van der Waals surface area (Å²) in [4.78, 5) is 0. The monoisotopic (exact) mass is 220 g/mol. The molecule has 16 heavy (non-hydrogen) atoms. The first-order valence-electron chi connectivity index (χ1n) is 5.86. The molecule has 0 bridgehead atoms. The summed E-state index contributed by atoms with van der Waals surface area (Å²) >= 11 is 0. The Kier molecular flexibility index (Phi) is 4.11. The van der Waals surface area contributed by atoms with Crippen LogP contribution in [0.2, 0.25) is 0 Å². The predicted molar refractivity (Wildman–Crippen MR) is 70.6 cm³/mol. The van der Waals surface area contributed by atoms with E-state index in [-0.39, 0.29) is 5.54 Å². The van der Waals surface area contributed by atoms with Crippen molar-refractivity contribution in [2.75, 3.05) is 6.54 Å². The largest absolute Gasteiger partial charge is 0.324 e. The molecule has 0 aliphatic rings. The SMILES string of the molecule is Cc1cc(C)c(CNCC(C)(C)N)cc1C. The molecule has 0 atom stereocenters. The summed E-state index contributed by atoms with van der Waals surface area (Å²) in [6.45, 7) is 12.3. The van der Waals surface area contributed by atoms with Gasteiger partial charge < -0.3 is 11.1 Å². The zero-order chi connectivity index (χ0) is 12.3. The van der Waals surface area contributed by atoms with Crippen molar-refractivity contribution < 1.29 is 0 Å². The van der Waals surface area contributed by atoms with E-state index in [1.165, 1.54) is 22.3 Å². The Balaban J connectivity index is 2.64. The lowest BCUT2D eigenvalue weighted by Gasteiger charge is -2.19. The first kappa shape index (κ1) is 13.2. The van der Waals surface area contributed by atoms with Gasteiger partial charge in [-0.15, -0.1) is 0 Å². The van der Waals surface area contributed by atoms with Crippen LogP contribution in [0.5, 0.6) is 0 Å². The van der Waals surface area contributed by atoms with Gasteiger partial charge in [0.15, 0.2) is 0 Å². The van der Waals surface area contributed by atoms with Crippen LogP contribution in [0.25, 0.3) is 0 Å². The molecule has 1 aromatic rings. The van der Waals surface area contributed by atoms with E-state index in [1.54, 1.807) is 0 Å². The van der Waals surface area contributed by atoms with E-state index in [2.05, 4.69) is 38.2 Å². The fourth-order valence-electron chi connectivity index (χ4n) is 1.73. The number of aryl methyl sites for hydroxylation is 3. The summed E-state index contributed by atoms with van der Waals surface area (Å²) in [6, 6.07) is 4.51. The summed E-state index contributed by atoms with van der Waals surface area (Å²) in [6.07, 6.45) is 0. The smallest absolute Gasteiger partial charge is 0.0223 e. The van der Waals surface area contributed by atoms with Gasteiger partial charge in [-0.25, -0.2) is 0 Å². The molecule has 0 fully saturated rings. The number of benzene rings is 1. The number of nitrogens with one attached hydrogen (secondary N) is 1. The highest BCUT2D eigenvalue weighted by atomic mass is 14.9. The maximum Gasteiger partial charge on any atom is 0.0223 e. The van der Waals surface area contributed by atoms with Crippen molar-refractivity contribution in [1.29, 1.82) is 0 Å². The van der Waals surface area contributed by atoms with Crippen molar-refractivity contribution in [1.82, 2.24) is 5.32 Å². The van der Waals surface area contributed by atoms with E-state index < -0.39 is 0 Å². The summed E-state index contributed by atoms with van der Waals surface area (Å²) in [5, 5.41) is 3.40. The van der Waals surface area contributed by atoms with Crippen molar-refractivity contribution in [3.05, 3.63) is 34.4 Å². The fourth-order valence-corrected chi connectivity index (χ4v) is 1.73. The molecule has 2 nitrogen and oxygen atoms in total. The first-order valence-corrected chi connectivity index (χ1v) is 5.86. The van der Waals surface area contributed by atoms with E-state index >= 15 is 0 Å². The van der Waals surface area contributed by atoms with Crippen LogP contribution in [0.1, 0.15) is 36.1 Å². The Bertz CT molecular complexity index is 362. The molecular formula is C14H24N2. The van der Waals surface area contributed by atoms with Gasteiger partial charge in [0, 0.05) is 18.6 Å². The minimum Gasteiger partial charge on any atom is -0.324 e. The average Bonchev–Trinajstić information content (AvgIpc) is 2.11. The molecule has 0 aliphatic heterocycles. The number of rotatable bonds is 4. The predicted octanol–water partition coefficient (Wildman–Crippen LogP) is 2.44. The lowest BCUT2D eigenvalue weighted by atomic mass is 10.0. The van der Waals surface area contributed by atoms with Crippen LogP contribution in [0.3, 0.4) is 0 Å². The van der Waals surface area contributed by atoms with Crippen LogP contribution in [0.15, 0.2) is 12.1 Å². The Hall–Kier alpha value is -0.860. The molecule has 0 aromatic heterocycles. The van der Waals surface area contributed by atoms with Gasteiger partial charge in [0.05, 0.1) is 0 Å². The molecule has 0 heterocycles. The lowest BCUT2D eigenvalue weighted by Crippen LogP contribution is -2.42. The zero-order valence-corrected chi connectivity index (χ0v) is 11.1. The van der Waals surface area contributed by atoms with E-state index in [0.717, 1.165) is 13.1 Å². The lowest BCUT2D eigenvalue weighted by molar-refractivity contribution is 0.466. The van der Waals surface area contributed by atoms with E-state index in [4.69, 9.17) is 5.73 Å². The molecule has 1 aromatic carbocycles. The van der Waals surface area contributed by atoms with Crippen molar-refractivity contribution in [3.8, 4) is 0 Å². The van der Waals surface area contributed by atoms with Crippen LogP contribution in [0, 0.1) is 20.8 Å². The quantitative estimate of drug-likeness (QED) is 0.818. The van der Waals surface area contributed by atoms with E-state index in [1.807, 2.05) is 13.8 Å². The van der Waals surface area contributed by atoms with Gasteiger partial charge in [-0.1, -0.05) is 12.1 Å². The van der Waals surface area contributed by atoms with Crippen LogP contribution >= 0.6 is 0 Å². The second kappa shape index (κ2) is 4.98. The highest BCUT2D eigenvalue weighted by Crippen LogP contribution is 2.15. The van der Waals surface area contributed by atoms with Crippen LogP contribution in [-0.4, -0.2) is 12.1 Å². The van der Waals surface area contributed by atoms with Crippen LogP contribution in [0.4, 0.5) is 0 Å². The standard InChI is InChI=1S/C14H24N2/c1-10-6-12(3)13(7-11(10)2)8-16-9-14(4,5)15/h6-7,16H,8-9,15H2,1-5H3. The summed E-state index contributed by atoms with van der Waals surface area (Å²) in [7, 11) is 0. The van der Waals surface area contributed by atoms with Gasteiger partial charge in [0.1, 0.15) is 0 Å². The molecule has 0 saturated heterocycles. The Morgan fingerprint density at radius 1 is 1.06 bits per heavy atom. The normalized spacial score (nSPS) is 11.9. The molecule has 0 radical (unpaired) electrons. The van der Waals surface area contributed by atoms with Gasteiger partial charge in [-0.05, 0) is 56.9 Å². The third-order valence-electron chi connectivity index (χ3n) is 2.85. The third kappa shape index (κ3) is 3.95.